The number of morpholine rings is 1. The number of ether oxygens (including phenoxy) is 2. The Morgan fingerprint density at radius 2 is 2.03 bits per heavy atom. The first-order chi connectivity index (χ1) is 16.3. The van der Waals surface area contributed by atoms with Crippen LogP contribution < -0.4 is 15.0 Å². The lowest BCUT2D eigenvalue weighted by atomic mass is 9.81. The van der Waals surface area contributed by atoms with Crippen molar-refractivity contribution in [3.8, 4) is 11.7 Å². The van der Waals surface area contributed by atoms with Gasteiger partial charge in [0.05, 0.1) is 30.3 Å². The molecule has 2 aliphatic heterocycles. The minimum absolute atomic E-state index is 0.0341. The largest absolute Gasteiger partial charge is 0.486 e. The molecule has 2 aromatic heterocycles. The first-order valence-corrected chi connectivity index (χ1v) is 13.2. The molecule has 0 bridgehead atoms. The summed E-state index contributed by atoms with van der Waals surface area (Å²) in [6, 6.07) is 4.27. The number of benzene rings is 1. The Balaban J connectivity index is 1.66. The van der Waals surface area contributed by atoms with Crippen molar-refractivity contribution in [2.24, 2.45) is 0 Å². The van der Waals surface area contributed by atoms with Crippen LogP contribution in [0.5, 0.6) is 5.75 Å². The van der Waals surface area contributed by atoms with Gasteiger partial charge in [-0.05, 0) is 31.4 Å². The van der Waals surface area contributed by atoms with Gasteiger partial charge in [0.1, 0.15) is 22.9 Å². The molecule has 0 spiro atoms. The van der Waals surface area contributed by atoms with E-state index in [-0.39, 0.29) is 12.0 Å². The molecule has 180 valence electrons. The van der Waals surface area contributed by atoms with Crippen LogP contribution in [-0.4, -0.2) is 73.6 Å². The maximum absolute atomic E-state index is 14.2. The molecule has 4 heterocycles. The summed E-state index contributed by atoms with van der Waals surface area (Å²) in [4.78, 5) is 16.3. The van der Waals surface area contributed by atoms with Gasteiger partial charge in [-0.25, -0.2) is 27.3 Å². The summed E-state index contributed by atoms with van der Waals surface area (Å²) in [6.07, 6.45) is 2.95. The number of rotatable bonds is 4. The summed E-state index contributed by atoms with van der Waals surface area (Å²) < 4.78 is 52.5. The predicted molar refractivity (Wildman–Crippen MR) is 124 cm³/mol. The van der Waals surface area contributed by atoms with E-state index in [0.29, 0.717) is 73.5 Å². The number of imidazole rings is 1. The van der Waals surface area contributed by atoms with Crippen molar-refractivity contribution >= 4 is 32.6 Å². The van der Waals surface area contributed by atoms with Gasteiger partial charge in [-0.15, -0.1) is 0 Å². The molecule has 12 heteroatoms. The Morgan fingerprint density at radius 3 is 2.74 bits per heavy atom. The smallest absolute Gasteiger partial charge is 0.239 e. The molecule has 6 rings (SSSR count). The summed E-state index contributed by atoms with van der Waals surface area (Å²) in [5.41, 5.74) is 1.41. The van der Waals surface area contributed by atoms with Crippen LogP contribution in [0.1, 0.15) is 25.0 Å². The molecule has 1 aromatic carbocycles. The van der Waals surface area contributed by atoms with Gasteiger partial charge < -0.3 is 19.7 Å². The normalized spacial score (nSPS) is 21.4. The third kappa shape index (κ3) is 3.01. The SMILES string of the molecule is CNc1nc2ccc(F)cc2n1-c1nc2c(c(C3(S(C)(=O)=O)CCC3)n1)OC[C@@H]1COCCN21. The Labute approximate surface area is 196 Å². The second-order valence-corrected chi connectivity index (χ2v) is 11.4. The van der Waals surface area contributed by atoms with E-state index >= 15 is 0 Å². The number of fused-ring (bicyclic) bond motifs is 4. The minimum Gasteiger partial charge on any atom is -0.486 e. The third-order valence-electron chi connectivity index (χ3n) is 7.10. The fraction of sp³-hybridized carbons (Fsp3) is 0.500. The first kappa shape index (κ1) is 21.5. The highest BCUT2D eigenvalue weighted by Crippen LogP contribution is 2.52. The number of nitrogens with one attached hydrogen (secondary N) is 1. The van der Waals surface area contributed by atoms with E-state index in [0.717, 1.165) is 6.42 Å². The van der Waals surface area contributed by atoms with Gasteiger partial charge in [-0.1, -0.05) is 0 Å². The fourth-order valence-electron chi connectivity index (χ4n) is 5.11. The molecular formula is C22H25FN6O4S. The second-order valence-electron chi connectivity index (χ2n) is 9.03. The molecule has 0 unspecified atom stereocenters. The van der Waals surface area contributed by atoms with Crippen molar-refractivity contribution in [3.05, 3.63) is 29.7 Å². The first-order valence-electron chi connectivity index (χ1n) is 11.3. The maximum atomic E-state index is 14.2. The molecule has 1 aliphatic carbocycles. The fourth-order valence-corrected chi connectivity index (χ4v) is 6.63. The molecule has 1 atom stereocenters. The van der Waals surface area contributed by atoms with Crippen molar-refractivity contribution in [1.29, 1.82) is 0 Å². The summed E-state index contributed by atoms with van der Waals surface area (Å²) in [5, 5.41) is 3.02. The molecule has 34 heavy (non-hydrogen) atoms. The van der Waals surface area contributed by atoms with E-state index in [1.54, 1.807) is 17.7 Å². The summed E-state index contributed by atoms with van der Waals surface area (Å²) in [7, 11) is -1.80. The highest BCUT2D eigenvalue weighted by molar-refractivity contribution is 7.91. The summed E-state index contributed by atoms with van der Waals surface area (Å²) in [5.74, 6) is 1.17. The molecule has 3 aromatic rings. The van der Waals surface area contributed by atoms with Crippen LogP contribution >= 0.6 is 0 Å². The van der Waals surface area contributed by atoms with Crippen LogP contribution in [0.25, 0.3) is 17.0 Å². The van der Waals surface area contributed by atoms with Crippen molar-refractivity contribution in [1.82, 2.24) is 19.5 Å². The average molecular weight is 489 g/mol. The zero-order valence-electron chi connectivity index (χ0n) is 18.9. The molecule has 1 N–H and O–H groups in total. The number of halogens is 1. The lowest BCUT2D eigenvalue weighted by Gasteiger charge is -2.44. The van der Waals surface area contributed by atoms with Gasteiger partial charge in [0.25, 0.3) is 0 Å². The molecule has 3 aliphatic rings. The predicted octanol–water partition coefficient (Wildman–Crippen LogP) is 2.02. The Hall–Kier alpha value is -2.99. The van der Waals surface area contributed by atoms with Crippen LogP contribution in [0, 0.1) is 5.82 Å². The van der Waals surface area contributed by atoms with Crippen molar-refractivity contribution in [2.45, 2.75) is 30.1 Å². The Kier molecular flexibility index (Phi) is 4.75. The van der Waals surface area contributed by atoms with Gasteiger partial charge >= 0.3 is 0 Å². The molecule has 0 radical (unpaired) electrons. The van der Waals surface area contributed by atoms with Crippen LogP contribution in [0.2, 0.25) is 0 Å². The number of sulfone groups is 1. The van der Waals surface area contributed by atoms with Gasteiger partial charge in [-0.3, -0.25) is 0 Å². The minimum atomic E-state index is -3.51. The number of anilines is 2. The third-order valence-corrected chi connectivity index (χ3v) is 9.12. The highest BCUT2D eigenvalue weighted by Gasteiger charge is 2.53. The molecular weight excluding hydrogens is 463 g/mol. The van der Waals surface area contributed by atoms with E-state index in [9.17, 15) is 12.8 Å². The summed E-state index contributed by atoms with van der Waals surface area (Å²) in [6.45, 7) is 1.99. The van der Waals surface area contributed by atoms with Crippen molar-refractivity contribution in [3.63, 3.8) is 0 Å². The van der Waals surface area contributed by atoms with Crippen LogP contribution in [0.3, 0.4) is 0 Å². The molecule has 2 fully saturated rings. The monoisotopic (exact) mass is 488 g/mol. The number of hydrogen-bond donors (Lipinski definition) is 1. The Bertz CT molecular complexity index is 1400. The van der Waals surface area contributed by atoms with E-state index in [4.69, 9.17) is 19.4 Å². The van der Waals surface area contributed by atoms with E-state index < -0.39 is 20.4 Å². The van der Waals surface area contributed by atoms with Crippen LogP contribution in [-0.2, 0) is 19.3 Å². The summed E-state index contributed by atoms with van der Waals surface area (Å²) >= 11 is 0. The topological polar surface area (TPSA) is 111 Å². The lowest BCUT2D eigenvalue weighted by Crippen LogP contribution is -2.52. The van der Waals surface area contributed by atoms with E-state index in [2.05, 4.69) is 15.2 Å². The molecule has 1 saturated carbocycles. The molecule has 1 saturated heterocycles. The van der Waals surface area contributed by atoms with Gasteiger partial charge in [0.15, 0.2) is 21.4 Å². The maximum Gasteiger partial charge on any atom is 0.239 e. The molecule has 10 nitrogen and oxygen atoms in total. The van der Waals surface area contributed by atoms with Crippen LogP contribution in [0.4, 0.5) is 16.2 Å². The zero-order chi connectivity index (χ0) is 23.7. The van der Waals surface area contributed by atoms with Crippen molar-refractivity contribution < 1.29 is 22.3 Å². The number of hydrogen-bond acceptors (Lipinski definition) is 9. The van der Waals surface area contributed by atoms with Crippen LogP contribution in [0.15, 0.2) is 18.2 Å². The van der Waals surface area contributed by atoms with Gasteiger partial charge in [-0.2, -0.15) is 4.98 Å². The lowest BCUT2D eigenvalue weighted by molar-refractivity contribution is 0.0687. The molecule has 0 amide bonds. The zero-order valence-corrected chi connectivity index (χ0v) is 19.7. The van der Waals surface area contributed by atoms with E-state index in [1.807, 2.05) is 0 Å². The number of aromatic nitrogens is 4. The average Bonchev–Trinajstić information content (AvgIpc) is 3.14. The van der Waals surface area contributed by atoms with Gasteiger partial charge in [0.2, 0.25) is 11.9 Å². The van der Waals surface area contributed by atoms with Gasteiger partial charge in [0, 0.05) is 25.9 Å². The highest BCUT2D eigenvalue weighted by atomic mass is 32.2. The standard InChI is InChI=1S/C22H25FN6O4S/c1-24-20-25-15-5-4-13(23)10-16(15)29(20)21-26-18(22(6-3-7-22)34(2,30)31)17-19(27-21)28-8-9-32-11-14(28)12-33-17/h4-5,10,14H,3,6-9,11-12H2,1-2H3,(H,24,25)/t14-/m0/s1. The van der Waals surface area contributed by atoms with E-state index in [1.165, 1.54) is 18.4 Å². The quantitative estimate of drug-likeness (QED) is 0.589. The number of nitrogens with zero attached hydrogens (tertiary/aromatic N) is 5. The second kappa shape index (κ2) is 7.51. The Morgan fingerprint density at radius 1 is 1.21 bits per heavy atom. The van der Waals surface area contributed by atoms with Crippen molar-refractivity contribution in [2.75, 3.05) is 49.9 Å².